The second-order valence-corrected chi connectivity index (χ2v) is 12.2. The Bertz CT molecular complexity index is 1440. The molecule has 0 fully saturated rings. The predicted molar refractivity (Wildman–Crippen MR) is 163 cm³/mol. The molecule has 8 nitrogen and oxygen atoms in total. The highest BCUT2D eigenvalue weighted by atomic mass is 35.5. The highest BCUT2D eigenvalue weighted by molar-refractivity contribution is 7.92. The van der Waals surface area contributed by atoms with Crippen LogP contribution in [0.15, 0.2) is 77.7 Å². The zero-order chi connectivity index (χ0) is 30.2. The Hall–Kier alpha value is -3.27. The van der Waals surface area contributed by atoms with Crippen molar-refractivity contribution < 1.29 is 22.7 Å². The number of methoxy groups -OCH3 is 1. The third-order valence-corrected chi connectivity index (χ3v) is 9.23. The summed E-state index contributed by atoms with van der Waals surface area (Å²) in [5.74, 6) is -0.221. The Kier molecular flexibility index (Phi) is 11.5. The number of carbonyl (C=O) groups is 2. The molecule has 3 aromatic rings. The summed E-state index contributed by atoms with van der Waals surface area (Å²) in [5.41, 5.74) is 0.916. The fraction of sp³-hybridized carbons (Fsp3) is 0.333. The van der Waals surface area contributed by atoms with E-state index in [1.54, 1.807) is 49.6 Å². The van der Waals surface area contributed by atoms with Crippen LogP contribution in [0.1, 0.15) is 39.2 Å². The van der Waals surface area contributed by atoms with E-state index >= 15 is 0 Å². The van der Waals surface area contributed by atoms with E-state index in [9.17, 15) is 18.0 Å². The van der Waals surface area contributed by atoms with Gasteiger partial charge in [-0.05, 0) is 67.8 Å². The van der Waals surface area contributed by atoms with Crippen LogP contribution in [0.25, 0.3) is 0 Å². The van der Waals surface area contributed by atoms with Gasteiger partial charge in [-0.3, -0.25) is 13.9 Å². The molecule has 0 aliphatic heterocycles. The minimum Gasteiger partial charge on any atom is -0.497 e. The Morgan fingerprint density at radius 3 is 2.15 bits per heavy atom. The summed E-state index contributed by atoms with van der Waals surface area (Å²) in [7, 11) is -2.65. The molecule has 0 saturated carbocycles. The molecule has 0 unspecified atom stereocenters. The maximum atomic E-state index is 14.1. The molecule has 3 rings (SSSR count). The lowest BCUT2D eigenvalue weighted by Gasteiger charge is -2.33. The van der Waals surface area contributed by atoms with Gasteiger partial charge >= 0.3 is 0 Å². The molecule has 3 aromatic carbocycles. The zero-order valence-electron chi connectivity index (χ0n) is 23.5. The molecule has 0 spiro atoms. The molecule has 1 N–H and O–H groups in total. The molecule has 2 atom stereocenters. The maximum Gasteiger partial charge on any atom is 0.264 e. The molecule has 0 heterocycles. The van der Waals surface area contributed by atoms with Crippen molar-refractivity contribution >= 4 is 50.7 Å². The summed E-state index contributed by atoms with van der Waals surface area (Å²) in [6, 6.07) is 18.4. The van der Waals surface area contributed by atoms with Crippen molar-refractivity contribution in [3.63, 3.8) is 0 Å². The van der Waals surface area contributed by atoms with Crippen molar-refractivity contribution in [1.29, 1.82) is 0 Å². The second-order valence-electron chi connectivity index (χ2n) is 9.53. The van der Waals surface area contributed by atoms with E-state index in [0.717, 1.165) is 16.3 Å². The summed E-state index contributed by atoms with van der Waals surface area (Å²) >= 11 is 12.4. The molecule has 220 valence electrons. The largest absolute Gasteiger partial charge is 0.497 e. The van der Waals surface area contributed by atoms with Crippen LogP contribution in [0.5, 0.6) is 5.75 Å². The first-order valence-corrected chi connectivity index (χ1v) is 15.5. The summed E-state index contributed by atoms with van der Waals surface area (Å²) in [6.07, 6.45) is 1.04. The molecule has 2 amide bonds. The van der Waals surface area contributed by atoms with Crippen LogP contribution in [0.2, 0.25) is 10.0 Å². The molecular weight excluding hydrogens is 585 g/mol. The third-order valence-electron chi connectivity index (χ3n) is 6.70. The van der Waals surface area contributed by atoms with Gasteiger partial charge in [0.05, 0.1) is 27.7 Å². The first-order valence-electron chi connectivity index (χ1n) is 13.3. The highest BCUT2D eigenvalue weighted by Crippen LogP contribution is 2.31. The predicted octanol–water partition coefficient (Wildman–Crippen LogP) is 5.92. The Morgan fingerprint density at radius 1 is 0.927 bits per heavy atom. The maximum absolute atomic E-state index is 14.1. The van der Waals surface area contributed by atoms with E-state index < -0.39 is 28.5 Å². The van der Waals surface area contributed by atoms with Crippen LogP contribution in [-0.2, 0) is 26.2 Å². The summed E-state index contributed by atoms with van der Waals surface area (Å²) in [6.45, 7) is 5.16. The lowest BCUT2D eigenvalue weighted by atomic mass is 10.1. The summed E-state index contributed by atoms with van der Waals surface area (Å²) < 4.78 is 34.0. The van der Waals surface area contributed by atoms with Gasteiger partial charge in [0.2, 0.25) is 11.8 Å². The number of hydrogen-bond acceptors (Lipinski definition) is 5. The number of carbonyl (C=O) groups excluding carboxylic acids is 2. The van der Waals surface area contributed by atoms with Crippen molar-refractivity contribution in [2.24, 2.45) is 0 Å². The van der Waals surface area contributed by atoms with E-state index in [1.165, 1.54) is 35.2 Å². The average Bonchev–Trinajstić information content (AvgIpc) is 2.97. The normalized spacial score (nSPS) is 12.7. The first-order chi connectivity index (χ1) is 19.5. The van der Waals surface area contributed by atoms with E-state index in [-0.39, 0.29) is 39.1 Å². The molecule has 0 bridgehead atoms. The van der Waals surface area contributed by atoms with Crippen molar-refractivity contribution in [2.45, 2.75) is 57.1 Å². The van der Waals surface area contributed by atoms with Crippen molar-refractivity contribution in [3.8, 4) is 5.75 Å². The van der Waals surface area contributed by atoms with Gasteiger partial charge in [0.1, 0.15) is 18.3 Å². The van der Waals surface area contributed by atoms with Crippen molar-refractivity contribution in [2.75, 3.05) is 18.0 Å². The minimum absolute atomic E-state index is 0.00197. The van der Waals surface area contributed by atoms with Crippen molar-refractivity contribution in [3.05, 3.63) is 88.4 Å². The van der Waals surface area contributed by atoms with Crippen LogP contribution in [0.4, 0.5) is 5.69 Å². The molecule has 0 radical (unpaired) electrons. The number of nitrogens with zero attached hydrogens (tertiary/aromatic N) is 2. The first kappa shape index (κ1) is 32.2. The van der Waals surface area contributed by atoms with Gasteiger partial charge in [0, 0.05) is 12.6 Å². The van der Waals surface area contributed by atoms with Crippen LogP contribution < -0.4 is 14.4 Å². The lowest BCUT2D eigenvalue weighted by Crippen LogP contribution is -2.53. The number of amides is 2. The second kappa shape index (κ2) is 14.6. The van der Waals surface area contributed by atoms with Gasteiger partial charge in [0.15, 0.2) is 0 Å². The Labute approximate surface area is 252 Å². The molecule has 11 heteroatoms. The van der Waals surface area contributed by atoms with E-state index in [1.807, 2.05) is 20.8 Å². The number of anilines is 1. The van der Waals surface area contributed by atoms with Crippen LogP contribution >= 0.6 is 23.2 Å². The SMILES string of the molecule is CC[C@H](C)NC(=O)[C@H](CC)N(Cc1ccc(OC)cc1)C(=O)CN(c1ccc(Cl)c(Cl)c1)S(=O)(=O)c1ccccc1. The highest BCUT2D eigenvalue weighted by Gasteiger charge is 2.34. The topological polar surface area (TPSA) is 96.0 Å². The molecular formula is C30H35Cl2N3O5S. The minimum atomic E-state index is -4.20. The number of sulfonamides is 1. The molecule has 0 aliphatic carbocycles. The van der Waals surface area contributed by atoms with Crippen LogP contribution in [-0.4, -0.2) is 50.9 Å². The van der Waals surface area contributed by atoms with E-state index in [4.69, 9.17) is 27.9 Å². The van der Waals surface area contributed by atoms with Gasteiger partial charge < -0.3 is 15.0 Å². The standard InChI is InChI=1S/C30H35Cl2N3O5S/c1-5-21(3)33-30(37)28(6-2)34(19-22-12-15-24(40-4)16-13-22)29(36)20-35(23-14-17-26(31)27(32)18-23)41(38,39)25-10-8-7-9-11-25/h7-18,21,28H,5-6,19-20H2,1-4H3,(H,33,37)/t21-,28-/m0/s1. The van der Waals surface area contributed by atoms with Gasteiger partial charge in [-0.1, -0.05) is 67.4 Å². The number of ether oxygens (including phenoxy) is 1. The molecule has 0 aliphatic rings. The van der Waals surface area contributed by atoms with E-state index in [0.29, 0.717) is 12.2 Å². The quantitative estimate of drug-likeness (QED) is 0.256. The number of nitrogens with one attached hydrogen (secondary N) is 1. The Balaban J connectivity index is 2.06. The monoisotopic (exact) mass is 619 g/mol. The smallest absolute Gasteiger partial charge is 0.264 e. The molecule has 0 aromatic heterocycles. The van der Waals surface area contributed by atoms with E-state index in [2.05, 4.69) is 5.32 Å². The fourth-order valence-electron chi connectivity index (χ4n) is 4.18. The summed E-state index contributed by atoms with van der Waals surface area (Å²) in [5, 5.41) is 3.34. The van der Waals surface area contributed by atoms with Crippen LogP contribution in [0.3, 0.4) is 0 Å². The Morgan fingerprint density at radius 2 is 1.59 bits per heavy atom. The fourth-order valence-corrected chi connectivity index (χ4v) is 5.90. The van der Waals surface area contributed by atoms with Gasteiger partial charge in [-0.2, -0.15) is 0 Å². The summed E-state index contributed by atoms with van der Waals surface area (Å²) in [4.78, 5) is 28.9. The van der Waals surface area contributed by atoms with Gasteiger partial charge in [0.25, 0.3) is 10.0 Å². The number of halogens is 2. The third kappa shape index (κ3) is 8.15. The number of rotatable bonds is 13. The van der Waals surface area contributed by atoms with Gasteiger partial charge in [-0.25, -0.2) is 8.42 Å². The van der Waals surface area contributed by atoms with Crippen molar-refractivity contribution in [1.82, 2.24) is 10.2 Å². The molecule has 41 heavy (non-hydrogen) atoms. The average molecular weight is 621 g/mol. The van der Waals surface area contributed by atoms with Crippen LogP contribution in [0, 0.1) is 0 Å². The zero-order valence-corrected chi connectivity index (χ0v) is 25.8. The number of benzene rings is 3. The lowest BCUT2D eigenvalue weighted by molar-refractivity contribution is -0.140. The van der Waals surface area contributed by atoms with Gasteiger partial charge in [-0.15, -0.1) is 0 Å². The molecule has 0 saturated heterocycles. The number of hydrogen-bond donors (Lipinski definition) is 1.